The van der Waals surface area contributed by atoms with Crippen LogP contribution in [0.5, 0.6) is 0 Å². The molecular weight excluding hydrogens is 360 g/mol. The van der Waals surface area contributed by atoms with Gasteiger partial charge in [-0.05, 0) is 36.5 Å². The molecule has 0 radical (unpaired) electrons. The predicted molar refractivity (Wildman–Crippen MR) is 105 cm³/mol. The summed E-state index contributed by atoms with van der Waals surface area (Å²) in [7, 11) is 0. The molecule has 1 aliphatic heterocycles. The molecule has 7 heteroatoms. The number of rotatable bonds is 6. The molecule has 0 spiro atoms. The number of thiophene rings is 1. The van der Waals surface area contributed by atoms with Crippen LogP contribution in [0, 0.1) is 0 Å². The molecule has 1 saturated heterocycles. The highest BCUT2D eigenvalue weighted by molar-refractivity contribution is 7.13. The molecule has 6 nitrogen and oxygen atoms in total. The third kappa shape index (κ3) is 4.43. The summed E-state index contributed by atoms with van der Waals surface area (Å²) in [5, 5.41) is 6.06. The molecule has 2 aromatic heterocycles. The van der Waals surface area contributed by atoms with Gasteiger partial charge < -0.3 is 9.42 Å². The van der Waals surface area contributed by atoms with Crippen LogP contribution in [0.25, 0.3) is 10.7 Å². The number of hydrogen-bond acceptors (Lipinski definition) is 6. The van der Waals surface area contributed by atoms with Crippen molar-refractivity contribution in [3.63, 3.8) is 0 Å². The number of carbonyl (C=O) groups is 1. The van der Waals surface area contributed by atoms with E-state index >= 15 is 0 Å². The van der Waals surface area contributed by atoms with Crippen LogP contribution in [0.2, 0.25) is 0 Å². The number of aryl methyl sites for hydroxylation is 1. The average Bonchev–Trinajstić information content (AvgIpc) is 3.40. The quantitative estimate of drug-likeness (QED) is 0.655. The Hall–Kier alpha value is -2.51. The summed E-state index contributed by atoms with van der Waals surface area (Å²) in [4.78, 5) is 22.3. The van der Waals surface area contributed by atoms with Crippen LogP contribution in [0.15, 0.2) is 52.4 Å². The Morgan fingerprint density at radius 3 is 2.63 bits per heavy atom. The van der Waals surface area contributed by atoms with Gasteiger partial charge in [-0.15, -0.1) is 11.3 Å². The summed E-state index contributed by atoms with van der Waals surface area (Å²) < 4.78 is 5.35. The second kappa shape index (κ2) is 8.45. The highest BCUT2D eigenvalue weighted by atomic mass is 32.1. The zero-order valence-corrected chi connectivity index (χ0v) is 15.9. The normalized spacial score (nSPS) is 15.2. The molecule has 0 saturated carbocycles. The molecule has 1 aromatic carbocycles. The highest BCUT2D eigenvalue weighted by Gasteiger charge is 2.21. The number of hydrogen-bond donors (Lipinski definition) is 0. The molecule has 0 unspecified atom stereocenters. The third-order valence-corrected chi connectivity index (χ3v) is 5.62. The molecule has 3 aromatic rings. The van der Waals surface area contributed by atoms with Crippen molar-refractivity contribution in [1.82, 2.24) is 19.9 Å². The van der Waals surface area contributed by atoms with Crippen LogP contribution >= 0.6 is 11.3 Å². The summed E-state index contributed by atoms with van der Waals surface area (Å²) in [5.41, 5.74) is 0.767. The van der Waals surface area contributed by atoms with E-state index < -0.39 is 0 Å². The van der Waals surface area contributed by atoms with Crippen molar-refractivity contribution in [3.8, 4) is 10.7 Å². The maximum atomic E-state index is 12.5. The van der Waals surface area contributed by atoms with Crippen LogP contribution in [-0.2, 0) is 6.42 Å². The SMILES string of the molecule is O=C(c1ccccc1)N1CCN(CCCc2nc(-c3cccs3)no2)CC1. The van der Waals surface area contributed by atoms with E-state index in [9.17, 15) is 4.79 Å². The van der Waals surface area contributed by atoms with Gasteiger partial charge in [-0.25, -0.2) is 0 Å². The van der Waals surface area contributed by atoms with E-state index in [2.05, 4.69) is 15.0 Å². The van der Waals surface area contributed by atoms with Crippen molar-refractivity contribution in [1.29, 1.82) is 0 Å². The van der Waals surface area contributed by atoms with Crippen molar-refractivity contribution >= 4 is 17.2 Å². The summed E-state index contributed by atoms with van der Waals surface area (Å²) >= 11 is 1.61. The molecule has 1 fully saturated rings. The van der Waals surface area contributed by atoms with E-state index in [0.29, 0.717) is 11.7 Å². The molecular formula is C20H22N4O2S. The van der Waals surface area contributed by atoms with Crippen molar-refractivity contribution in [2.24, 2.45) is 0 Å². The maximum Gasteiger partial charge on any atom is 0.253 e. The number of piperazine rings is 1. The minimum atomic E-state index is 0.127. The van der Waals surface area contributed by atoms with Gasteiger partial charge in [-0.1, -0.05) is 29.4 Å². The van der Waals surface area contributed by atoms with Crippen LogP contribution in [0.4, 0.5) is 0 Å². The van der Waals surface area contributed by atoms with E-state index in [0.717, 1.165) is 56.0 Å². The Labute approximate surface area is 162 Å². The number of amides is 1. The van der Waals surface area contributed by atoms with Gasteiger partial charge in [0.15, 0.2) is 0 Å². The van der Waals surface area contributed by atoms with Crippen LogP contribution in [0.1, 0.15) is 22.7 Å². The fourth-order valence-corrected chi connectivity index (χ4v) is 3.90. The number of aromatic nitrogens is 2. The Kier molecular flexibility index (Phi) is 5.60. The number of benzene rings is 1. The Morgan fingerprint density at radius 1 is 1.07 bits per heavy atom. The lowest BCUT2D eigenvalue weighted by molar-refractivity contribution is 0.0635. The first-order valence-corrected chi connectivity index (χ1v) is 10.1. The third-order valence-electron chi connectivity index (χ3n) is 4.75. The van der Waals surface area contributed by atoms with E-state index in [4.69, 9.17) is 4.52 Å². The number of nitrogens with zero attached hydrogens (tertiary/aromatic N) is 4. The summed E-state index contributed by atoms with van der Waals surface area (Å²) in [5.74, 6) is 1.49. The Bertz CT molecular complexity index is 855. The monoisotopic (exact) mass is 382 g/mol. The van der Waals surface area contributed by atoms with Crippen LogP contribution in [-0.4, -0.2) is 58.6 Å². The van der Waals surface area contributed by atoms with E-state index in [1.807, 2.05) is 52.7 Å². The van der Waals surface area contributed by atoms with Gasteiger partial charge in [0, 0.05) is 38.2 Å². The predicted octanol–water partition coefficient (Wildman–Crippen LogP) is 3.19. The zero-order valence-electron chi connectivity index (χ0n) is 15.1. The largest absolute Gasteiger partial charge is 0.339 e. The lowest BCUT2D eigenvalue weighted by Gasteiger charge is -2.34. The van der Waals surface area contributed by atoms with E-state index in [1.165, 1.54) is 0 Å². The lowest BCUT2D eigenvalue weighted by Crippen LogP contribution is -2.48. The fraction of sp³-hybridized carbons (Fsp3) is 0.350. The molecule has 3 heterocycles. The number of carbonyl (C=O) groups excluding carboxylic acids is 1. The summed E-state index contributed by atoms with van der Waals surface area (Å²) in [6.07, 6.45) is 1.75. The molecule has 0 bridgehead atoms. The Morgan fingerprint density at radius 2 is 1.89 bits per heavy atom. The maximum absolute atomic E-state index is 12.5. The van der Waals surface area contributed by atoms with Crippen LogP contribution in [0.3, 0.4) is 0 Å². The first-order valence-electron chi connectivity index (χ1n) is 9.23. The minimum absolute atomic E-state index is 0.127. The molecule has 1 aliphatic rings. The van der Waals surface area contributed by atoms with Gasteiger partial charge >= 0.3 is 0 Å². The minimum Gasteiger partial charge on any atom is -0.339 e. The molecule has 140 valence electrons. The second-order valence-corrected chi connectivity index (χ2v) is 7.54. The first-order chi connectivity index (χ1) is 13.3. The molecule has 0 aliphatic carbocycles. The fourth-order valence-electron chi connectivity index (χ4n) is 3.25. The molecule has 1 amide bonds. The summed E-state index contributed by atoms with van der Waals surface area (Å²) in [6, 6.07) is 13.5. The van der Waals surface area contributed by atoms with E-state index in [-0.39, 0.29) is 5.91 Å². The average molecular weight is 382 g/mol. The van der Waals surface area contributed by atoms with Gasteiger partial charge in [0.25, 0.3) is 5.91 Å². The van der Waals surface area contributed by atoms with Crippen molar-refractivity contribution in [3.05, 3.63) is 59.3 Å². The standard InChI is InChI=1S/C20H22N4O2S/c25-20(16-6-2-1-3-7-16)24-13-11-23(12-14-24)10-4-9-18-21-19(22-26-18)17-8-5-15-27-17/h1-3,5-8,15H,4,9-14H2. The van der Waals surface area contributed by atoms with Gasteiger partial charge in [-0.2, -0.15) is 4.98 Å². The summed E-state index contributed by atoms with van der Waals surface area (Å²) in [6.45, 7) is 4.34. The van der Waals surface area contributed by atoms with Crippen molar-refractivity contribution in [2.75, 3.05) is 32.7 Å². The topological polar surface area (TPSA) is 62.5 Å². The Balaban J connectivity index is 1.20. The second-order valence-electron chi connectivity index (χ2n) is 6.59. The van der Waals surface area contributed by atoms with E-state index in [1.54, 1.807) is 11.3 Å². The van der Waals surface area contributed by atoms with Gasteiger partial charge in [0.1, 0.15) is 0 Å². The van der Waals surface area contributed by atoms with Crippen LogP contribution < -0.4 is 0 Å². The molecule has 4 rings (SSSR count). The highest BCUT2D eigenvalue weighted by Crippen LogP contribution is 2.21. The van der Waals surface area contributed by atoms with Gasteiger partial charge in [0.2, 0.25) is 11.7 Å². The molecule has 27 heavy (non-hydrogen) atoms. The van der Waals surface area contributed by atoms with Gasteiger partial charge in [0.05, 0.1) is 4.88 Å². The molecule has 0 atom stereocenters. The first kappa shape index (κ1) is 17.9. The lowest BCUT2D eigenvalue weighted by atomic mass is 10.2. The zero-order chi connectivity index (χ0) is 18.5. The smallest absolute Gasteiger partial charge is 0.253 e. The van der Waals surface area contributed by atoms with Crippen molar-refractivity contribution in [2.45, 2.75) is 12.8 Å². The van der Waals surface area contributed by atoms with Gasteiger partial charge in [-0.3, -0.25) is 9.69 Å². The molecule has 0 N–H and O–H groups in total. The van der Waals surface area contributed by atoms with Crippen molar-refractivity contribution < 1.29 is 9.32 Å².